The van der Waals surface area contributed by atoms with E-state index in [0.29, 0.717) is 24.1 Å². The van der Waals surface area contributed by atoms with Crippen molar-refractivity contribution in [1.29, 1.82) is 0 Å². The van der Waals surface area contributed by atoms with Gasteiger partial charge >= 0.3 is 5.97 Å². The molecule has 0 amide bonds. The molecule has 2 unspecified atom stereocenters. The molecule has 0 bridgehead atoms. The number of hydrogen-bond acceptors (Lipinski definition) is 7. The van der Waals surface area contributed by atoms with Gasteiger partial charge in [-0.2, -0.15) is 0 Å². The highest BCUT2D eigenvalue weighted by molar-refractivity contribution is 7.45. The first kappa shape index (κ1) is 64.2. The molecule has 0 fully saturated rings. The van der Waals surface area contributed by atoms with Crippen molar-refractivity contribution in [2.75, 3.05) is 54.1 Å². The number of phosphoric ester groups is 1. The standard InChI is InChI=1S/C57H106NO7P/c1-6-8-10-12-14-16-18-20-22-24-26-27-28-29-30-31-32-34-36-38-40-42-44-46-48-50-57(59)65-56(55-64-66(60,61)63-53-51-58(3,4)5)54-62-52-49-47-45-43-41-39-37-35-33-25-23-21-19-17-15-13-11-9-7-2/h17-20,23-26,28-29,56H,6-16,21-22,27,30-55H2,1-5H3/b19-17-,20-18-,25-23-,26-24-,29-28-. The summed E-state index contributed by atoms with van der Waals surface area (Å²) >= 11 is 0. The molecule has 0 aliphatic carbocycles. The molecule has 0 aliphatic rings. The second-order valence-corrected chi connectivity index (χ2v) is 21.0. The zero-order valence-corrected chi connectivity index (χ0v) is 44.8. The number of carbonyl (C=O) groups is 1. The van der Waals surface area contributed by atoms with Crippen LogP contribution in [0.5, 0.6) is 0 Å². The number of esters is 1. The molecule has 0 spiro atoms. The van der Waals surface area contributed by atoms with Gasteiger partial charge < -0.3 is 27.9 Å². The molecule has 0 saturated heterocycles. The minimum Gasteiger partial charge on any atom is -0.756 e. The second kappa shape index (κ2) is 49.6. The molecule has 0 saturated carbocycles. The second-order valence-electron chi connectivity index (χ2n) is 19.6. The van der Waals surface area contributed by atoms with Crippen molar-refractivity contribution in [1.82, 2.24) is 0 Å². The molecule has 0 heterocycles. The van der Waals surface area contributed by atoms with Crippen LogP contribution in [-0.2, 0) is 27.9 Å². The molecule has 0 N–H and O–H groups in total. The number of allylic oxidation sites excluding steroid dienone is 10. The quantitative estimate of drug-likeness (QED) is 0.0197. The Balaban J connectivity index is 4.12. The molecule has 9 heteroatoms. The van der Waals surface area contributed by atoms with E-state index in [1.54, 1.807) is 0 Å². The van der Waals surface area contributed by atoms with Crippen molar-refractivity contribution < 1.29 is 37.3 Å². The third kappa shape index (κ3) is 53.2. The number of ether oxygens (including phenoxy) is 2. The van der Waals surface area contributed by atoms with Crippen molar-refractivity contribution in [3.05, 3.63) is 60.8 Å². The van der Waals surface area contributed by atoms with E-state index in [9.17, 15) is 14.3 Å². The third-order valence-corrected chi connectivity index (χ3v) is 12.8. The van der Waals surface area contributed by atoms with Gasteiger partial charge in [-0.1, -0.05) is 209 Å². The Kier molecular flexibility index (Phi) is 48.3. The van der Waals surface area contributed by atoms with Crippen LogP contribution in [0, 0.1) is 0 Å². The van der Waals surface area contributed by atoms with Crippen molar-refractivity contribution in [2.24, 2.45) is 0 Å². The van der Waals surface area contributed by atoms with Gasteiger partial charge in [0.05, 0.1) is 34.4 Å². The lowest BCUT2D eigenvalue weighted by molar-refractivity contribution is -0.870. The van der Waals surface area contributed by atoms with E-state index in [-0.39, 0.29) is 25.8 Å². The summed E-state index contributed by atoms with van der Waals surface area (Å²) in [6.45, 7) is 5.39. The van der Waals surface area contributed by atoms with E-state index in [2.05, 4.69) is 74.6 Å². The van der Waals surface area contributed by atoms with E-state index in [4.69, 9.17) is 18.5 Å². The van der Waals surface area contributed by atoms with Crippen LogP contribution in [0.15, 0.2) is 60.8 Å². The Morgan fingerprint density at radius 1 is 0.470 bits per heavy atom. The van der Waals surface area contributed by atoms with Gasteiger partial charge in [-0.3, -0.25) is 9.36 Å². The number of unbranched alkanes of at least 4 members (excludes halogenated alkanes) is 27. The Bertz CT molecular complexity index is 1240. The molecule has 0 rings (SSSR count). The molecular formula is C57H106NO7P. The molecule has 0 radical (unpaired) electrons. The number of carbonyl (C=O) groups excluding carboxylic acids is 1. The molecule has 386 valence electrons. The van der Waals surface area contributed by atoms with Gasteiger partial charge in [0.15, 0.2) is 0 Å². The monoisotopic (exact) mass is 948 g/mol. The maximum absolute atomic E-state index is 12.8. The van der Waals surface area contributed by atoms with E-state index >= 15 is 0 Å². The van der Waals surface area contributed by atoms with Gasteiger partial charge in [0.25, 0.3) is 7.82 Å². The van der Waals surface area contributed by atoms with Gasteiger partial charge in [-0.15, -0.1) is 0 Å². The highest BCUT2D eigenvalue weighted by Crippen LogP contribution is 2.38. The van der Waals surface area contributed by atoms with E-state index in [1.807, 2.05) is 21.1 Å². The fraction of sp³-hybridized carbons (Fsp3) is 0.807. The summed E-state index contributed by atoms with van der Waals surface area (Å²) in [4.78, 5) is 25.2. The van der Waals surface area contributed by atoms with Crippen molar-refractivity contribution in [3.63, 3.8) is 0 Å². The number of rotatable bonds is 51. The normalized spacial score (nSPS) is 14.0. The van der Waals surface area contributed by atoms with E-state index < -0.39 is 13.9 Å². The Hall–Kier alpha value is -1.80. The number of phosphoric acid groups is 1. The first-order valence-electron chi connectivity index (χ1n) is 27.5. The largest absolute Gasteiger partial charge is 0.756 e. The fourth-order valence-corrected chi connectivity index (χ4v) is 8.25. The van der Waals surface area contributed by atoms with Crippen molar-refractivity contribution >= 4 is 13.8 Å². The summed E-state index contributed by atoms with van der Waals surface area (Å²) in [5.41, 5.74) is 0. The first-order valence-corrected chi connectivity index (χ1v) is 29.0. The Labute approximate surface area is 409 Å². The Morgan fingerprint density at radius 3 is 1.26 bits per heavy atom. The highest BCUT2D eigenvalue weighted by atomic mass is 31.2. The Morgan fingerprint density at radius 2 is 0.833 bits per heavy atom. The minimum absolute atomic E-state index is 0.0222. The molecule has 2 atom stereocenters. The van der Waals surface area contributed by atoms with Gasteiger partial charge in [-0.25, -0.2) is 0 Å². The molecular weight excluding hydrogens is 842 g/mol. The van der Waals surface area contributed by atoms with Crippen LogP contribution >= 0.6 is 7.82 Å². The van der Waals surface area contributed by atoms with Gasteiger partial charge in [-0.05, 0) is 83.5 Å². The van der Waals surface area contributed by atoms with Crippen molar-refractivity contribution in [2.45, 2.75) is 245 Å². The van der Waals surface area contributed by atoms with Crippen LogP contribution in [0.3, 0.4) is 0 Å². The fourth-order valence-electron chi connectivity index (χ4n) is 7.53. The smallest absolute Gasteiger partial charge is 0.306 e. The summed E-state index contributed by atoms with van der Waals surface area (Å²) in [6.07, 6.45) is 63.9. The minimum atomic E-state index is -4.54. The third-order valence-electron chi connectivity index (χ3n) is 11.8. The van der Waals surface area contributed by atoms with E-state index in [0.717, 1.165) is 51.4 Å². The molecule has 0 aromatic rings. The van der Waals surface area contributed by atoms with Crippen LogP contribution in [0.4, 0.5) is 0 Å². The summed E-state index contributed by atoms with van der Waals surface area (Å²) in [5, 5.41) is 0. The lowest BCUT2D eigenvalue weighted by atomic mass is 10.0. The van der Waals surface area contributed by atoms with Crippen molar-refractivity contribution in [3.8, 4) is 0 Å². The predicted molar refractivity (Wildman–Crippen MR) is 282 cm³/mol. The van der Waals surface area contributed by atoms with Crippen LogP contribution in [-0.4, -0.2) is 70.7 Å². The first-order chi connectivity index (χ1) is 32.1. The van der Waals surface area contributed by atoms with Gasteiger partial charge in [0, 0.05) is 13.0 Å². The zero-order chi connectivity index (χ0) is 48.3. The number of nitrogens with zero attached hydrogens (tertiary/aromatic N) is 1. The molecule has 0 aromatic carbocycles. The topological polar surface area (TPSA) is 94.1 Å². The van der Waals surface area contributed by atoms with Crippen LogP contribution in [0.2, 0.25) is 0 Å². The SMILES string of the molecule is CCCCCC/C=C\C/C=C\CCCCCCCCCCOCC(COP(=O)([O-])OCC[N+](C)(C)C)OC(=O)CCCCCCCCCCCC/C=C\C/C=C\C/C=C\CCCCCCC. The van der Waals surface area contributed by atoms with Crippen LogP contribution in [0.25, 0.3) is 0 Å². The molecule has 0 aliphatic heterocycles. The van der Waals surface area contributed by atoms with Crippen LogP contribution < -0.4 is 4.89 Å². The number of likely N-dealkylation sites (N-methyl/N-ethyl adjacent to an activating group) is 1. The predicted octanol–water partition coefficient (Wildman–Crippen LogP) is 16.6. The average molecular weight is 948 g/mol. The highest BCUT2D eigenvalue weighted by Gasteiger charge is 2.20. The van der Waals surface area contributed by atoms with Gasteiger partial charge in [0.1, 0.15) is 19.3 Å². The zero-order valence-electron chi connectivity index (χ0n) is 43.9. The average Bonchev–Trinajstić information content (AvgIpc) is 3.28. The summed E-state index contributed by atoms with van der Waals surface area (Å²) < 4.78 is 34.8. The maximum atomic E-state index is 12.8. The molecule has 0 aromatic heterocycles. The molecule has 8 nitrogen and oxygen atoms in total. The summed E-state index contributed by atoms with van der Waals surface area (Å²) in [6, 6.07) is 0. The van der Waals surface area contributed by atoms with Gasteiger partial charge in [0.2, 0.25) is 0 Å². The number of hydrogen-bond donors (Lipinski definition) is 0. The van der Waals surface area contributed by atoms with Crippen LogP contribution in [0.1, 0.15) is 239 Å². The maximum Gasteiger partial charge on any atom is 0.306 e. The molecule has 66 heavy (non-hydrogen) atoms. The van der Waals surface area contributed by atoms with E-state index in [1.165, 1.54) is 167 Å². The summed E-state index contributed by atoms with van der Waals surface area (Å²) in [7, 11) is 1.35. The lowest BCUT2D eigenvalue weighted by Gasteiger charge is -2.28. The number of quaternary nitrogens is 1. The lowest BCUT2D eigenvalue weighted by Crippen LogP contribution is -2.37. The summed E-state index contributed by atoms with van der Waals surface area (Å²) in [5.74, 6) is -0.339.